The number of aryl methyl sites for hydroxylation is 1. The van der Waals surface area contributed by atoms with Crippen molar-refractivity contribution < 1.29 is 8.42 Å². The zero-order valence-corrected chi connectivity index (χ0v) is 14.4. The summed E-state index contributed by atoms with van der Waals surface area (Å²) in [6.07, 6.45) is 1.85. The maximum atomic E-state index is 12.6. The summed E-state index contributed by atoms with van der Waals surface area (Å²) in [5.74, 6) is 0.628. The summed E-state index contributed by atoms with van der Waals surface area (Å²) < 4.78 is 26.8. The molecular weight excluding hydrogens is 314 g/mol. The molecule has 0 amide bonds. The van der Waals surface area contributed by atoms with E-state index in [-0.39, 0.29) is 5.75 Å². The van der Waals surface area contributed by atoms with E-state index in [2.05, 4.69) is 17.5 Å². The molecule has 118 valence electrons. The number of piperidine rings is 1. The highest BCUT2D eigenvalue weighted by Crippen LogP contribution is 2.32. The van der Waals surface area contributed by atoms with Crippen molar-refractivity contribution in [2.24, 2.45) is 0 Å². The predicted octanol–water partition coefficient (Wildman–Crippen LogP) is 3.77. The molecule has 0 N–H and O–H groups in total. The number of hydrogen-bond donors (Lipinski definition) is 0. The molecule has 0 bridgehead atoms. The number of rotatable bonds is 4. The standard InChI is InChI=1S/C17H21NO2S2/c1-14-4-2-5-15(12-14)13-22(19,20)18-9-7-16(8-10-18)17-6-3-11-21-17/h2-6,11-12,16H,7-10,13H2,1H3. The molecule has 0 saturated carbocycles. The lowest BCUT2D eigenvalue weighted by atomic mass is 9.97. The van der Waals surface area contributed by atoms with Crippen LogP contribution in [0.25, 0.3) is 0 Å². The lowest BCUT2D eigenvalue weighted by molar-refractivity contribution is 0.321. The van der Waals surface area contributed by atoms with Crippen molar-refractivity contribution in [3.05, 3.63) is 57.8 Å². The molecular formula is C17H21NO2S2. The highest BCUT2D eigenvalue weighted by atomic mass is 32.2. The molecule has 3 nitrogen and oxygen atoms in total. The molecule has 1 aromatic heterocycles. The van der Waals surface area contributed by atoms with Gasteiger partial charge in [0, 0.05) is 18.0 Å². The Labute approximate surface area is 136 Å². The fourth-order valence-corrected chi connectivity index (χ4v) is 5.50. The van der Waals surface area contributed by atoms with Gasteiger partial charge in [0.15, 0.2) is 0 Å². The smallest absolute Gasteiger partial charge is 0.212 e. The van der Waals surface area contributed by atoms with Gasteiger partial charge in [-0.1, -0.05) is 35.9 Å². The minimum absolute atomic E-state index is 0.109. The molecule has 0 aliphatic carbocycles. The Hall–Kier alpha value is -1.17. The van der Waals surface area contributed by atoms with E-state index in [1.807, 2.05) is 31.2 Å². The van der Waals surface area contributed by atoms with Gasteiger partial charge in [0.05, 0.1) is 5.75 Å². The highest BCUT2D eigenvalue weighted by Gasteiger charge is 2.29. The van der Waals surface area contributed by atoms with Crippen molar-refractivity contribution in [1.82, 2.24) is 4.31 Å². The van der Waals surface area contributed by atoms with Crippen molar-refractivity contribution in [3.63, 3.8) is 0 Å². The zero-order chi connectivity index (χ0) is 15.6. The summed E-state index contributed by atoms with van der Waals surface area (Å²) in [4.78, 5) is 1.38. The van der Waals surface area contributed by atoms with Gasteiger partial charge in [0.1, 0.15) is 0 Å². The average molecular weight is 335 g/mol. The second kappa shape index (κ2) is 6.52. The fraction of sp³-hybridized carbons (Fsp3) is 0.412. The van der Waals surface area contributed by atoms with Gasteiger partial charge in [-0.25, -0.2) is 12.7 Å². The molecule has 2 aromatic rings. The van der Waals surface area contributed by atoms with Crippen LogP contribution in [-0.2, 0) is 15.8 Å². The van der Waals surface area contributed by atoms with E-state index < -0.39 is 10.0 Å². The molecule has 2 heterocycles. The predicted molar refractivity (Wildman–Crippen MR) is 91.7 cm³/mol. The van der Waals surface area contributed by atoms with Gasteiger partial charge in [-0.05, 0) is 42.7 Å². The summed E-state index contributed by atoms with van der Waals surface area (Å²) in [7, 11) is -3.21. The monoisotopic (exact) mass is 335 g/mol. The van der Waals surface area contributed by atoms with Crippen molar-refractivity contribution >= 4 is 21.4 Å². The Bertz CT molecular complexity index is 715. The van der Waals surface area contributed by atoms with Gasteiger partial charge in [-0.2, -0.15) is 0 Å². The maximum absolute atomic E-state index is 12.6. The normalized spacial score (nSPS) is 17.7. The van der Waals surface area contributed by atoms with E-state index in [4.69, 9.17) is 0 Å². The van der Waals surface area contributed by atoms with Crippen LogP contribution in [0.2, 0.25) is 0 Å². The van der Waals surface area contributed by atoms with E-state index in [0.29, 0.717) is 19.0 Å². The first kappa shape index (κ1) is 15.7. The van der Waals surface area contributed by atoms with E-state index in [1.165, 1.54) is 4.88 Å². The zero-order valence-electron chi connectivity index (χ0n) is 12.7. The largest absolute Gasteiger partial charge is 0.218 e. The first-order valence-electron chi connectivity index (χ1n) is 7.61. The van der Waals surface area contributed by atoms with Gasteiger partial charge in [-0.3, -0.25) is 0 Å². The molecule has 0 unspecified atom stereocenters. The molecule has 1 saturated heterocycles. The van der Waals surface area contributed by atoms with Crippen LogP contribution in [0.5, 0.6) is 0 Å². The molecule has 5 heteroatoms. The minimum Gasteiger partial charge on any atom is -0.212 e. The molecule has 22 heavy (non-hydrogen) atoms. The van der Waals surface area contributed by atoms with Crippen molar-refractivity contribution in [2.75, 3.05) is 13.1 Å². The Morgan fingerprint density at radius 1 is 1.18 bits per heavy atom. The highest BCUT2D eigenvalue weighted by molar-refractivity contribution is 7.88. The van der Waals surface area contributed by atoms with Crippen LogP contribution < -0.4 is 0 Å². The fourth-order valence-electron chi connectivity index (χ4n) is 3.05. The van der Waals surface area contributed by atoms with Crippen LogP contribution in [0.15, 0.2) is 41.8 Å². The third-order valence-corrected chi connectivity index (χ3v) is 7.11. The minimum atomic E-state index is -3.21. The van der Waals surface area contributed by atoms with Gasteiger partial charge >= 0.3 is 0 Å². The van der Waals surface area contributed by atoms with Crippen LogP contribution in [0.3, 0.4) is 0 Å². The number of benzene rings is 1. The third-order valence-electron chi connectivity index (χ3n) is 4.22. The van der Waals surface area contributed by atoms with E-state index in [0.717, 1.165) is 24.0 Å². The second-order valence-electron chi connectivity index (χ2n) is 5.93. The number of nitrogens with zero attached hydrogens (tertiary/aromatic N) is 1. The lowest BCUT2D eigenvalue weighted by Gasteiger charge is -2.30. The molecule has 0 atom stereocenters. The van der Waals surface area contributed by atoms with Crippen molar-refractivity contribution in [1.29, 1.82) is 0 Å². The molecule has 0 radical (unpaired) electrons. The molecule has 1 aliphatic rings. The second-order valence-corrected chi connectivity index (χ2v) is 8.88. The van der Waals surface area contributed by atoms with Gasteiger partial charge in [0.2, 0.25) is 10.0 Å². The molecule has 0 spiro atoms. The van der Waals surface area contributed by atoms with E-state index in [1.54, 1.807) is 15.6 Å². The van der Waals surface area contributed by atoms with Crippen LogP contribution in [0.1, 0.15) is 34.8 Å². The average Bonchev–Trinajstić information content (AvgIpc) is 3.01. The van der Waals surface area contributed by atoms with Crippen LogP contribution in [-0.4, -0.2) is 25.8 Å². The lowest BCUT2D eigenvalue weighted by Crippen LogP contribution is -2.38. The Morgan fingerprint density at radius 2 is 1.95 bits per heavy atom. The van der Waals surface area contributed by atoms with Crippen molar-refractivity contribution in [2.45, 2.75) is 31.4 Å². The Balaban J connectivity index is 1.64. The summed E-state index contributed by atoms with van der Waals surface area (Å²) in [5.41, 5.74) is 1.98. The first-order valence-corrected chi connectivity index (χ1v) is 10.1. The number of hydrogen-bond acceptors (Lipinski definition) is 3. The third kappa shape index (κ3) is 3.59. The molecule has 3 rings (SSSR count). The van der Waals surface area contributed by atoms with Crippen LogP contribution in [0.4, 0.5) is 0 Å². The van der Waals surface area contributed by atoms with E-state index in [9.17, 15) is 8.42 Å². The van der Waals surface area contributed by atoms with Crippen LogP contribution >= 0.6 is 11.3 Å². The SMILES string of the molecule is Cc1cccc(CS(=O)(=O)N2CCC(c3cccs3)CC2)c1. The topological polar surface area (TPSA) is 37.4 Å². The summed E-state index contributed by atoms with van der Waals surface area (Å²) in [5, 5.41) is 2.09. The summed E-state index contributed by atoms with van der Waals surface area (Å²) in [6, 6.07) is 12.0. The van der Waals surface area contributed by atoms with Gasteiger partial charge in [-0.15, -0.1) is 11.3 Å². The molecule has 1 aromatic carbocycles. The molecule has 1 fully saturated rings. The van der Waals surface area contributed by atoms with Gasteiger partial charge < -0.3 is 0 Å². The summed E-state index contributed by atoms with van der Waals surface area (Å²) >= 11 is 1.77. The summed E-state index contributed by atoms with van der Waals surface area (Å²) in [6.45, 7) is 3.26. The maximum Gasteiger partial charge on any atom is 0.218 e. The number of thiophene rings is 1. The van der Waals surface area contributed by atoms with E-state index >= 15 is 0 Å². The Kier molecular flexibility index (Phi) is 4.66. The van der Waals surface area contributed by atoms with Crippen molar-refractivity contribution in [3.8, 4) is 0 Å². The first-order chi connectivity index (χ1) is 10.5. The van der Waals surface area contributed by atoms with Crippen LogP contribution in [0, 0.1) is 6.92 Å². The quantitative estimate of drug-likeness (QED) is 0.853. The van der Waals surface area contributed by atoms with Gasteiger partial charge in [0.25, 0.3) is 0 Å². The number of sulfonamides is 1. The Morgan fingerprint density at radius 3 is 2.59 bits per heavy atom. The molecule has 1 aliphatic heterocycles.